The fourth-order valence-electron chi connectivity index (χ4n) is 1.81. The average molecular weight is 285 g/mol. The molecule has 0 fully saturated rings. The predicted molar refractivity (Wildman–Crippen MR) is 81.9 cm³/mol. The zero-order valence-electron chi connectivity index (χ0n) is 12.2. The number of aryl methyl sites for hydroxylation is 2. The topological polar surface area (TPSA) is 56.1 Å². The summed E-state index contributed by atoms with van der Waals surface area (Å²) >= 11 is 0. The molecule has 1 aromatic carbocycles. The minimum atomic E-state index is -0.147. The van der Waals surface area contributed by atoms with Gasteiger partial charge in [0.05, 0.1) is 12.7 Å². The summed E-state index contributed by atoms with van der Waals surface area (Å²) in [6.07, 6.45) is 6.75. The smallest absolute Gasteiger partial charge is 0.244 e. The number of hydrogen-bond acceptors (Lipinski definition) is 3. The lowest BCUT2D eigenvalue weighted by Crippen LogP contribution is -2.26. The summed E-state index contributed by atoms with van der Waals surface area (Å²) in [5, 5.41) is 6.79. The second kappa shape index (κ2) is 7.28. The Morgan fingerprint density at radius 3 is 3.05 bits per heavy atom. The predicted octanol–water partition coefficient (Wildman–Crippen LogP) is 1.94. The summed E-state index contributed by atoms with van der Waals surface area (Å²) in [7, 11) is 1.83. The van der Waals surface area contributed by atoms with Crippen LogP contribution in [0.2, 0.25) is 0 Å². The SMILES string of the molecule is Cc1cccc(OCCNC(=O)C=Cc2cnn(C)c2)c1. The summed E-state index contributed by atoms with van der Waals surface area (Å²) in [5.74, 6) is 0.668. The van der Waals surface area contributed by atoms with E-state index in [1.54, 1.807) is 17.0 Å². The molecule has 5 heteroatoms. The highest BCUT2D eigenvalue weighted by atomic mass is 16.5. The highest BCUT2D eigenvalue weighted by molar-refractivity contribution is 5.91. The Balaban J connectivity index is 1.68. The normalized spacial score (nSPS) is 10.8. The van der Waals surface area contributed by atoms with E-state index in [4.69, 9.17) is 4.74 Å². The first-order valence-electron chi connectivity index (χ1n) is 6.77. The van der Waals surface area contributed by atoms with Crippen LogP contribution in [0.4, 0.5) is 0 Å². The highest BCUT2D eigenvalue weighted by Crippen LogP contribution is 2.11. The van der Waals surface area contributed by atoms with Crippen molar-refractivity contribution in [2.75, 3.05) is 13.2 Å². The van der Waals surface area contributed by atoms with Gasteiger partial charge in [0.1, 0.15) is 12.4 Å². The van der Waals surface area contributed by atoms with Crippen molar-refractivity contribution in [2.24, 2.45) is 7.05 Å². The van der Waals surface area contributed by atoms with Crippen LogP contribution in [-0.2, 0) is 11.8 Å². The van der Waals surface area contributed by atoms with Crippen LogP contribution in [-0.4, -0.2) is 28.8 Å². The van der Waals surface area contributed by atoms with Gasteiger partial charge in [-0.05, 0) is 30.7 Å². The third kappa shape index (κ3) is 5.14. The average Bonchev–Trinajstić information content (AvgIpc) is 2.87. The van der Waals surface area contributed by atoms with Crippen molar-refractivity contribution in [1.82, 2.24) is 15.1 Å². The van der Waals surface area contributed by atoms with Crippen molar-refractivity contribution >= 4 is 12.0 Å². The lowest BCUT2D eigenvalue weighted by atomic mass is 10.2. The molecule has 21 heavy (non-hydrogen) atoms. The van der Waals surface area contributed by atoms with Crippen LogP contribution in [0.15, 0.2) is 42.7 Å². The number of benzene rings is 1. The molecule has 0 aliphatic rings. The molecule has 110 valence electrons. The Hall–Kier alpha value is -2.56. The van der Waals surface area contributed by atoms with Gasteiger partial charge in [-0.3, -0.25) is 9.48 Å². The van der Waals surface area contributed by atoms with E-state index in [0.29, 0.717) is 13.2 Å². The number of carbonyl (C=O) groups excluding carboxylic acids is 1. The zero-order valence-corrected chi connectivity index (χ0v) is 12.2. The summed E-state index contributed by atoms with van der Waals surface area (Å²) in [4.78, 5) is 11.6. The van der Waals surface area contributed by atoms with Gasteiger partial charge in [-0.2, -0.15) is 5.10 Å². The summed E-state index contributed by atoms with van der Waals surface area (Å²) in [5.41, 5.74) is 2.04. The number of ether oxygens (including phenoxy) is 1. The van der Waals surface area contributed by atoms with Crippen molar-refractivity contribution in [3.63, 3.8) is 0 Å². The van der Waals surface area contributed by atoms with Crippen molar-refractivity contribution < 1.29 is 9.53 Å². The maximum atomic E-state index is 11.6. The summed E-state index contributed by atoms with van der Waals surface area (Å²) in [6.45, 7) is 2.91. The van der Waals surface area contributed by atoms with Gasteiger partial charge in [-0.25, -0.2) is 0 Å². The molecule has 1 amide bonds. The van der Waals surface area contributed by atoms with Crippen molar-refractivity contribution in [2.45, 2.75) is 6.92 Å². The first kappa shape index (κ1) is 14.8. The van der Waals surface area contributed by atoms with Gasteiger partial charge in [-0.15, -0.1) is 0 Å². The van der Waals surface area contributed by atoms with Gasteiger partial charge in [0.15, 0.2) is 0 Å². The van der Waals surface area contributed by atoms with E-state index >= 15 is 0 Å². The third-order valence-electron chi connectivity index (χ3n) is 2.81. The Morgan fingerprint density at radius 2 is 2.33 bits per heavy atom. The first-order chi connectivity index (χ1) is 10.1. The van der Waals surface area contributed by atoms with Gasteiger partial charge in [0, 0.05) is 24.9 Å². The molecule has 0 bridgehead atoms. The van der Waals surface area contributed by atoms with E-state index in [2.05, 4.69) is 10.4 Å². The highest BCUT2D eigenvalue weighted by Gasteiger charge is 1.97. The van der Waals surface area contributed by atoms with Gasteiger partial charge in [0.25, 0.3) is 0 Å². The summed E-state index contributed by atoms with van der Waals surface area (Å²) in [6, 6.07) is 7.82. The molecule has 0 unspecified atom stereocenters. The molecular weight excluding hydrogens is 266 g/mol. The molecular formula is C16H19N3O2. The molecule has 0 saturated heterocycles. The fraction of sp³-hybridized carbons (Fsp3) is 0.250. The van der Waals surface area contributed by atoms with E-state index < -0.39 is 0 Å². The van der Waals surface area contributed by atoms with E-state index in [0.717, 1.165) is 16.9 Å². The van der Waals surface area contributed by atoms with Crippen molar-refractivity contribution in [1.29, 1.82) is 0 Å². The molecule has 0 aliphatic carbocycles. The number of amides is 1. The van der Waals surface area contributed by atoms with Crippen LogP contribution in [0.5, 0.6) is 5.75 Å². The number of hydrogen-bond donors (Lipinski definition) is 1. The second-order valence-corrected chi connectivity index (χ2v) is 4.74. The van der Waals surface area contributed by atoms with Crippen LogP contribution in [0.1, 0.15) is 11.1 Å². The Labute approximate surface area is 124 Å². The number of aromatic nitrogens is 2. The van der Waals surface area contributed by atoms with Crippen molar-refractivity contribution in [3.05, 3.63) is 53.9 Å². The van der Waals surface area contributed by atoms with Crippen LogP contribution in [0.3, 0.4) is 0 Å². The maximum Gasteiger partial charge on any atom is 0.244 e. The van der Waals surface area contributed by atoms with Gasteiger partial charge < -0.3 is 10.1 Å². The van der Waals surface area contributed by atoms with Gasteiger partial charge in [0.2, 0.25) is 5.91 Å². The maximum absolute atomic E-state index is 11.6. The van der Waals surface area contributed by atoms with Crippen LogP contribution < -0.4 is 10.1 Å². The fourth-order valence-corrected chi connectivity index (χ4v) is 1.81. The van der Waals surface area contributed by atoms with E-state index in [1.165, 1.54) is 6.08 Å². The lowest BCUT2D eigenvalue weighted by Gasteiger charge is -2.07. The molecule has 0 saturated carbocycles. The zero-order chi connectivity index (χ0) is 15.1. The lowest BCUT2D eigenvalue weighted by molar-refractivity contribution is -0.116. The molecule has 1 heterocycles. The number of carbonyl (C=O) groups is 1. The molecule has 2 rings (SSSR count). The van der Waals surface area contributed by atoms with Gasteiger partial charge >= 0.3 is 0 Å². The minimum Gasteiger partial charge on any atom is -0.492 e. The first-order valence-corrected chi connectivity index (χ1v) is 6.77. The minimum absolute atomic E-state index is 0.147. The quantitative estimate of drug-likeness (QED) is 0.652. The molecule has 1 N–H and O–H groups in total. The number of rotatable bonds is 6. The van der Waals surface area contributed by atoms with Gasteiger partial charge in [-0.1, -0.05) is 12.1 Å². The molecule has 0 aliphatic heterocycles. The molecule has 1 aromatic heterocycles. The van der Waals surface area contributed by atoms with Crippen LogP contribution >= 0.6 is 0 Å². The molecule has 0 radical (unpaired) electrons. The monoisotopic (exact) mass is 285 g/mol. The Bertz CT molecular complexity index is 632. The van der Waals surface area contributed by atoms with Crippen LogP contribution in [0.25, 0.3) is 6.08 Å². The number of nitrogens with one attached hydrogen (secondary N) is 1. The summed E-state index contributed by atoms with van der Waals surface area (Å²) < 4.78 is 7.24. The molecule has 0 spiro atoms. The second-order valence-electron chi connectivity index (χ2n) is 4.74. The van der Waals surface area contributed by atoms with E-state index in [9.17, 15) is 4.79 Å². The van der Waals surface area contributed by atoms with E-state index in [-0.39, 0.29) is 5.91 Å². The number of nitrogens with zero attached hydrogens (tertiary/aromatic N) is 2. The van der Waals surface area contributed by atoms with Crippen molar-refractivity contribution in [3.8, 4) is 5.75 Å². The Kier molecular flexibility index (Phi) is 5.15. The van der Waals surface area contributed by atoms with Crippen LogP contribution in [0, 0.1) is 6.92 Å². The molecule has 0 atom stereocenters. The largest absolute Gasteiger partial charge is 0.492 e. The molecule has 5 nitrogen and oxygen atoms in total. The third-order valence-corrected chi connectivity index (χ3v) is 2.81. The van der Waals surface area contributed by atoms with E-state index in [1.807, 2.05) is 44.4 Å². The Morgan fingerprint density at radius 1 is 1.48 bits per heavy atom. The molecule has 2 aromatic rings. The standard InChI is InChI=1S/C16H19N3O2/c1-13-4-3-5-15(10-13)21-9-8-17-16(20)7-6-14-11-18-19(2)12-14/h3-7,10-12H,8-9H2,1-2H3,(H,17,20).